The van der Waals surface area contributed by atoms with Gasteiger partial charge in [0.15, 0.2) is 0 Å². The van der Waals surface area contributed by atoms with E-state index in [2.05, 4.69) is 20.8 Å². The van der Waals surface area contributed by atoms with E-state index in [4.69, 9.17) is 0 Å². The molecule has 0 aromatic heterocycles. The van der Waals surface area contributed by atoms with Gasteiger partial charge >= 0.3 is 18.9 Å². The zero-order valence-corrected chi connectivity index (χ0v) is 8.68. The summed E-state index contributed by atoms with van der Waals surface area (Å²) in [4.78, 5) is 10.9. The Morgan fingerprint density at radius 2 is 2.00 bits per heavy atom. The van der Waals surface area contributed by atoms with Crippen LogP contribution in [0.25, 0.3) is 0 Å². The van der Waals surface area contributed by atoms with E-state index in [1.54, 1.807) is 0 Å². The monoisotopic (exact) mass is 160 g/mol. The summed E-state index contributed by atoms with van der Waals surface area (Å²) in [6.45, 7) is 6.75. The van der Waals surface area contributed by atoms with Gasteiger partial charge in [0.2, 0.25) is 0 Å². The van der Waals surface area contributed by atoms with Crippen LogP contribution >= 0.6 is 0 Å². The van der Waals surface area contributed by atoms with Crippen LogP contribution in [0.2, 0.25) is 0 Å². The van der Waals surface area contributed by atoms with Crippen LogP contribution in [0.1, 0.15) is 40.0 Å². The molecule has 0 aromatic rings. The summed E-state index contributed by atoms with van der Waals surface area (Å²) in [5.74, 6) is 1.05. The molecule has 0 saturated heterocycles. The minimum Gasteiger partial charge on any atom is -0.334 e. The Labute approximate surface area is 87.5 Å². The minimum absolute atomic E-state index is 0. The summed E-state index contributed by atoms with van der Waals surface area (Å²) < 4.78 is 0. The minimum atomic E-state index is 0. The van der Waals surface area contributed by atoms with Gasteiger partial charge in [-0.1, -0.05) is 26.7 Å². The van der Waals surface area contributed by atoms with Crippen molar-refractivity contribution in [1.82, 2.24) is 0 Å². The molecule has 12 heavy (non-hydrogen) atoms. The van der Waals surface area contributed by atoms with Crippen LogP contribution in [0.5, 0.6) is 0 Å². The first-order valence-electron chi connectivity index (χ1n) is 4.36. The van der Waals surface area contributed by atoms with Crippen molar-refractivity contribution in [3.8, 4) is 0 Å². The van der Waals surface area contributed by atoms with Crippen LogP contribution < -0.4 is 18.9 Å². The first-order chi connectivity index (χ1) is 5.00. The second kappa shape index (κ2) is 4.40. The second-order valence-corrected chi connectivity index (χ2v) is 4.51. The topological polar surface area (TPSA) is 17.1 Å². The molecular formula is C10H17LiO. The summed E-state index contributed by atoms with van der Waals surface area (Å²) in [5.41, 5.74) is 0.372. The number of hydrogen-bond acceptors (Lipinski definition) is 1. The predicted molar refractivity (Wildman–Crippen MR) is 46.1 cm³/mol. The molecule has 0 heterocycles. The first-order valence-corrected chi connectivity index (χ1v) is 4.36. The number of hydrogen-bond donors (Lipinski definition) is 0. The third kappa shape index (κ3) is 3.25. The second-order valence-electron chi connectivity index (χ2n) is 4.51. The van der Waals surface area contributed by atoms with E-state index in [1.165, 1.54) is 0 Å². The molecule has 0 N–H and O–H groups in total. The first kappa shape index (κ1) is 12.1. The Bertz CT molecular complexity index is 148. The molecule has 0 radical (unpaired) electrons. The molecule has 0 unspecified atom stereocenters. The van der Waals surface area contributed by atoms with Crippen LogP contribution in [-0.4, -0.2) is 5.78 Å². The van der Waals surface area contributed by atoms with Gasteiger partial charge in [-0.25, -0.2) is 0 Å². The van der Waals surface area contributed by atoms with E-state index in [1.807, 2.05) is 6.42 Å². The fourth-order valence-corrected chi connectivity index (χ4v) is 1.60. The largest absolute Gasteiger partial charge is 1.00 e. The van der Waals surface area contributed by atoms with Crippen LogP contribution in [0.3, 0.4) is 0 Å². The summed E-state index contributed by atoms with van der Waals surface area (Å²) in [7, 11) is 0. The molecule has 1 fully saturated rings. The molecule has 2 heteroatoms. The average molecular weight is 160 g/mol. The van der Waals surface area contributed by atoms with Crippen LogP contribution in [0.4, 0.5) is 0 Å². The molecule has 0 amide bonds. The number of carbonyl (C=O) groups excluding carboxylic acids is 1. The van der Waals surface area contributed by atoms with Gasteiger partial charge in [-0.2, -0.15) is 6.42 Å². The molecule has 1 saturated carbocycles. The Balaban J connectivity index is 0.00000121. The van der Waals surface area contributed by atoms with Gasteiger partial charge in [-0.3, -0.25) is 0 Å². The van der Waals surface area contributed by atoms with Gasteiger partial charge in [-0.15, -0.1) is 0 Å². The summed E-state index contributed by atoms with van der Waals surface area (Å²) >= 11 is 0. The Morgan fingerprint density at radius 1 is 1.42 bits per heavy atom. The van der Waals surface area contributed by atoms with E-state index in [9.17, 15) is 4.79 Å². The average Bonchev–Trinajstić information content (AvgIpc) is 1.86. The molecular weight excluding hydrogens is 143 g/mol. The van der Waals surface area contributed by atoms with Gasteiger partial charge in [0.1, 0.15) is 0 Å². The fraction of sp³-hybridized carbons (Fsp3) is 0.800. The molecule has 1 atom stereocenters. The molecule has 0 aromatic carbocycles. The Kier molecular flexibility index (Phi) is 4.45. The molecule has 0 spiro atoms. The molecule has 1 rings (SSSR count). The van der Waals surface area contributed by atoms with Gasteiger partial charge < -0.3 is 11.2 Å². The Morgan fingerprint density at radius 3 is 2.33 bits per heavy atom. The maximum Gasteiger partial charge on any atom is 1.00 e. The third-order valence-electron chi connectivity index (χ3n) is 2.59. The predicted octanol–water partition coefficient (Wildman–Crippen LogP) is -0.390. The van der Waals surface area contributed by atoms with E-state index in [0.717, 1.165) is 19.3 Å². The number of ketones is 1. The maximum absolute atomic E-state index is 10.9. The molecule has 1 nitrogen and oxygen atoms in total. The smallest absolute Gasteiger partial charge is 0.334 e. The van der Waals surface area contributed by atoms with Crippen LogP contribution in [0.15, 0.2) is 0 Å². The number of Topliss-reactive ketones (excluding diaryl/α,β-unsaturated/α-hetero) is 1. The van der Waals surface area contributed by atoms with E-state index in [0.29, 0.717) is 17.1 Å². The van der Waals surface area contributed by atoms with Gasteiger partial charge in [0.05, 0.1) is 0 Å². The molecule has 1 aliphatic rings. The zero-order valence-electron chi connectivity index (χ0n) is 8.68. The summed E-state index contributed by atoms with van der Waals surface area (Å²) in [6, 6.07) is 0. The van der Waals surface area contributed by atoms with Gasteiger partial charge in [0, 0.05) is 0 Å². The van der Waals surface area contributed by atoms with Crippen molar-refractivity contribution in [1.29, 1.82) is 0 Å². The fourth-order valence-electron chi connectivity index (χ4n) is 1.60. The number of carbonyl (C=O) groups is 1. The standard InChI is InChI=1S/C10H17O.Li/c1-10(2,3)8-4-6-9(11)7-5-8;/h6,8H,4-5,7H2,1-3H3;/q-1;+1/t8-;/m1./s1. The van der Waals surface area contributed by atoms with Crippen LogP contribution in [0, 0.1) is 17.8 Å². The van der Waals surface area contributed by atoms with E-state index >= 15 is 0 Å². The molecule has 0 aliphatic heterocycles. The molecule has 1 aliphatic carbocycles. The van der Waals surface area contributed by atoms with Crippen molar-refractivity contribution < 1.29 is 23.7 Å². The van der Waals surface area contributed by atoms with E-state index < -0.39 is 0 Å². The summed E-state index contributed by atoms with van der Waals surface area (Å²) in [6.07, 6.45) is 4.70. The van der Waals surface area contributed by atoms with Crippen molar-refractivity contribution in [3.05, 3.63) is 6.42 Å². The molecule has 64 valence electrons. The van der Waals surface area contributed by atoms with E-state index in [-0.39, 0.29) is 18.9 Å². The zero-order chi connectivity index (χ0) is 8.48. The van der Waals surface area contributed by atoms with Gasteiger partial charge in [0.25, 0.3) is 0 Å². The van der Waals surface area contributed by atoms with Crippen molar-refractivity contribution in [2.24, 2.45) is 11.3 Å². The third-order valence-corrected chi connectivity index (χ3v) is 2.59. The van der Waals surface area contributed by atoms with Crippen molar-refractivity contribution in [2.45, 2.75) is 40.0 Å². The van der Waals surface area contributed by atoms with Crippen molar-refractivity contribution in [3.63, 3.8) is 0 Å². The van der Waals surface area contributed by atoms with Gasteiger partial charge in [-0.05, 0) is 24.0 Å². The SMILES string of the molecule is CC(C)(C)[C@@H]1C[CH-]C(=O)CC1.[Li+]. The van der Waals surface area contributed by atoms with Crippen molar-refractivity contribution >= 4 is 5.78 Å². The quantitative estimate of drug-likeness (QED) is 0.348. The maximum atomic E-state index is 10.9. The number of rotatable bonds is 0. The normalized spacial score (nSPS) is 24.2. The Hall–Kier alpha value is 0.137. The molecule has 0 bridgehead atoms. The van der Waals surface area contributed by atoms with Crippen molar-refractivity contribution in [2.75, 3.05) is 0 Å². The summed E-state index contributed by atoms with van der Waals surface area (Å²) in [5, 5.41) is 0. The van der Waals surface area contributed by atoms with Crippen LogP contribution in [-0.2, 0) is 4.79 Å².